The molecule has 0 bridgehead atoms. The Kier molecular flexibility index (Phi) is 3.96. The molecule has 4 nitrogen and oxygen atoms in total. The zero-order valence-electron chi connectivity index (χ0n) is 9.49. The third-order valence-electron chi connectivity index (χ3n) is 3.02. The molecular formula is C11H17ClN4. The Bertz CT molecular complexity index is 327. The highest BCUT2D eigenvalue weighted by atomic mass is 35.5. The first kappa shape index (κ1) is 11.6. The molecule has 1 N–H and O–H groups in total. The molecule has 5 heteroatoms. The molecule has 16 heavy (non-hydrogen) atoms. The Hall–Kier alpha value is -0.870. The number of nitrogens with one attached hydrogen (secondary N) is 1. The molecule has 88 valence electrons. The van der Waals surface area contributed by atoms with E-state index in [1.807, 2.05) is 0 Å². The molecule has 0 spiro atoms. The van der Waals surface area contributed by atoms with Crippen molar-refractivity contribution < 1.29 is 0 Å². The third-order valence-corrected chi connectivity index (χ3v) is 3.22. The van der Waals surface area contributed by atoms with Crippen molar-refractivity contribution in [1.29, 1.82) is 0 Å². The SMILES string of the molecule is CCN1CCCC1CNc1ncc(Cl)cn1. The normalized spacial score (nSPS) is 21.2. The number of likely N-dealkylation sites (N-methyl/N-ethyl adjacent to an activating group) is 1. The molecule has 1 unspecified atom stereocenters. The van der Waals surface area contributed by atoms with E-state index in [1.54, 1.807) is 12.4 Å². The summed E-state index contributed by atoms with van der Waals surface area (Å²) < 4.78 is 0. The Morgan fingerprint density at radius 2 is 2.25 bits per heavy atom. The second-order valence-corrected chi connectivity index (χ2v) is 4.47. The second-order valence-electron chi connectivity index (χ2n) is 4.03. The summed E-state index contributed by atoms with van der Waals surface area (Å²) in [6.45, 7) is 5.45. The number of hydrogen-bond donors (Lipinski definition) is 1. The molecule has 1 saturated heterocycles. The highest BCUT2D eigenvalue weighted by Crippen LogP contribution is 2.16. The monoisotopic (exact) mass is 240 g/mol. The van der Waals surface area contributed by atoms with Gasteiger partial charge in [0.05, 0.1) is 17.4 Å². The number of nitrogens with zero attached hydrogens (tertiary/aromatic N) is 3. The topological polar surface area (TPSA) is 41.0 Å². The van der Waals surface area contributed by atoms with Gasteiger partial charge < -0.3 is 5.32 Å². The molecule has 2 heterocycles. The summed E-state index contributed by atoms with van der Waals surface area (Å²) in [4.78, 5) is 10.7. The second kappa shape index (κ2) is 5.46. The molecule has 1 aliphatic rings. The Labute approximate surface area is 101 Å². The van der Waals surface area contributed by atoms with Gasteiger partial charge in [0.2, 0.25) is 5.95 Å². The number of halogens is 1. The van der Waals surface area contributed by atoms with Crippen LogP contribution in [-0.4, -0.2) is 40.5 Å². The Morgan fingerprint density at radius 1 is 1.50 bits per heavy atom. The fourth-order valence-electron chi connectivity index (χ4n) is 2.16. The average Bonchev–Trinajstić information content (AvgIpc) is 2.76. The van der Waals surface area contributed by atoms with Crippen molar-refractivity contribution in [1.82, 2.24) is 14.9 Å². The molecule has 0 aromatic carbocycles. The summed E-state index contributed by atoms with van der Waals surface area (Å²) in [5, 5.41) is 3.83. The summed E-state index contributed by atoms with van der Waals surface area (Å²) in [6.07, 6.45) is 5.78. The van der Waals surface area contributed by atoms with Crippen LogP contribution in [0.15, 0.2) is 12.4 Å². The lowest BCUT2D eigenvalue weighted by molar-refractivity contribution is 0.277. The minimum atomic E-state index is 0.571. The molecule has 1 aliphatic heterocycles. The van der Waals surface area contributed by atoms with E-state index >= 15 is 0 Å². The molecule has 1 fully saturated rings. The maximum atomic E-state index is 5.72. The summed E-state index contributed by atoms with van der Waals surface area (Å²) >= 11 is 5.72. The van der Waals surface area contributed by atoms with Gasteiger partial charge in [0.25, 0.3) is 0 Å². The van der Waals surface area contributed by atoms with Crippen LogP contribution in [0.2, 0.25) is 5.02 Å². The smallest absolute Gasteiger partial charge is 0.222 e. The van der Waals surface area contributed by atoms with E-state index in [9.17, 15) is 0 Å². The minimum absolute atomic E-state index is 0.571. The average molecular weight is 241 g/mol. The maximum absolute atomic E-state index is 5.72. The number of anilines is 1. The van der Waals surface area contributed by atoms with Gasteiger partial charge in [-0.3, -0.25) is 4.90 Å². The van der Waals surface area contributed by atoms with Crippen molar-refractivity contribution in [3.8, 4) is 0 Å². The Balaban J connectivity index is 1.85. The van der Waals surface area contributed by atoms with Gasteiger partial charge in [-0.2, -0.15) is 0 Å². The first-order valence-corrected chi connectivity index (χ1v) is 6.13. The maximum Gasteiger partial charge on any atom is 0.222 e. The van der Waals surface area contributed by atoms with Crippen LogP contribution in [0.4, 0.5) is 5.95 Å². The molecular weight excluding hydrogens is 224 g/mol. The van der Waals surface area contributed by atoms with Gasteiger partial charge in [-0.15, -0.1) is 0 Å². The molecule has 0 aliphatic carbocycles. The predicted octanol–water partition coefficient (Wildman–Crippen LogP) is 2.03. The van der Waals surface area contributed by atoms with Gasteiger partial charge in [0.15, 0.2) is 0 Å². The van der Waals surface area contributed by atoms with Crippen LogP contribution < -0.4 is 5.32 Å². The molecule has 0 radical (unpaired) electrons. The quantitative estimate of drug-likeness (QED) is 0.875. The molecule has 1 atom stereocenters. The van der Waals surface area contributed by atoms with Crippen LogP contribution in [0, 0.1) is 0 Å². The van der Waals surface area contributed by atoms with E-state index in [1.165, 1.54) is 19.4 Å². The number of hydrogen-bond acceptors (Lipinski definition) is 4. The fourth-order valence-corrected chi connectivity index (χ4v) is 2.25. The predicted molar refractivity (Wildman–Crippen MR) is 65.8 cm³/mol. The molecule has 0 saturated carbocycles. The highest BCUT2D eigenvalue weighted by Gasteiger charge is 2.22. The van der Waals surface area contributed by atoms with Crippen LogP contribution in [-0.2, 0) is 0 Å². The molecule has 1 aromatic rings. The lowest BCUT2D eigenvalue weighted by Gasteiger charge is -2.22. The fraction of sp³-hybridized carbons (Fsp3) is 0.636. The molecule has 1 aromatic heterocycles. The first-order chi connectivity index (χ1) is 7.79. The molecule has 0 amide bonds. The van der Waals surface area contributed by atoms with E-state index in [0.29, 0.717) is 17.0 Å². The van der Waals surface area contributed by atoms with Crippen LogP contribution in [0.25, 0.3) is 0 Å². The van der Waals surface area contributed by atoms with Crippen LogP contribution in [0.1, 0.15) is 19.8 Å². The van der Waals surface area contributed by atoms with Crippen molar-refractivity contribution in [2.45, 2.75) is 25.8 Å². The molecule has 2 rings (SSSR count). The largest absolute Gasteiger partial charge is 0.353 e. The van der Waals surface area contributed by atoms with E-state index in [2.05, 4.69) is 27.1 Å². The summed E-state index contributed by atoms with van der Waals surface area (Å²) in [5.74, 6) is 0.660. The third kappa shape index (κ3) is 2.83. The number of likely N-dealkylation sites (tertiary alicyclic amines) is 1. The van der Waals surface area contributed by atoms with Crippen LogP contribution >= 0.6 is 11.6 Å². The summed E-state index contributed by atoms with van der Waals surface area (Å²) in [6, 6.07) is 0.615. The van der Waals surface area contributed by atoms with E-state index in [0.717, 1.165) is 13.1 Å². The van der Waals surface area contributed by atoms with Gasteiger partial charge in [-0.1, -0.05) is 18.5 Å². The van der Waals surface area contributed by atoms with Crippen molar-refractivity contribution in [3.05, 3.63) is 17.4 Å². The van der Waals surface area contributed by atoms with Gasteiger partial charge in [0, 0.05) is 12.6 Å². The van der Waals surface area contributed by atoms with E-state index in [-0.39, 0.29) is 0 Å². The minimum Gasteiger partial charge on any atom is -0.353 e. The van der Waals surface area contributed by atoms with Gasteiger partial charge in [0.1, 0.15) is 0 Å². The van der Waals surface area contributed by atoms with Crippen LogP contribution in [0.5, 0.6) is 0 Å². The zero-order valence-corrected chi connectivity index (χ0v) is 10.2. The zero-order chi connectivity index (χ0) is 11.4. The van der Waals surface area contributed by atoms with Crippen molar-refractivity contribution >= 4 is 17.5 Å². The lowest BCUT2D eigenvalue weighted by Crippen LogP contribution is -2.34. The lowest BCUT2D eigenvalue weighted by atomic mass is 10.2. The van der Waals surface area contributed by atoms with Crippen LogP contribution in [0.3, 0.4) is 0 Å². The van der Waals surface area contributed by atoms with Gasteiger partial charge in [-0.25, -0.2) is 9.97 Å². The van der Waals surface area contributed by atoms with Crippen molar-refractivity contribution in [3.63, 3.8) is 0 Å². The summed E-state index contributed by atoms with van der Waals surface area (Å²) in [7, 11) is 0. The van der Waals surface area contributed by atoms with Crippen molar-refractivity contribution in [2.75, 3.05) is 25.0 Å². The summed E-state index contributed by atoms with van der Waals surface area (Å²) in [5.41, 5.74) is 0. The van der Waals surface area contributed by atoms with Gasteiger partial charge in [-0.05, 0) is 25.9 Å². The number of aromatic nitrogens is 2. The van der Waals surface area contributed by atoms with Crippen molar-refractivity contribution in [2.24, 2.45) is 0 Å². The van der Waals surface area contributed by atoms with E-state index in [4.69, 9.17) is 11.6 Å². The highest BCUT2D eigenvalue weighted by molar-refractivity contribution is 6.30. The number of rotatable bonds is 4. The van der Waals surface area contributed by atoms with E-state index < -0.39 is 0 Å². The Morgan fingerprint density at radius 3 is 2.94 bits per heavy atom. The first-order valence-electron chi connectivity index (χ1n) is 5.75. The van der Waals surface area contributed by atoms with Gasteiger partial charge >= 0.3 is 0 Å². The standard InChI is InChI=1S/C11H17ClN4/c1-2-16-5-3-4-10(16)8-15-11-13-6-9(12)7-14-11/h6-7,10H,2-5,8H2,1H3,(H,13,14,15).